The highest BCUT2D eigenvalue weighted by molar-refractivity contribution is 8.03. The summed E-state index contributed by atoms with van der Waals surface area (Å²) in [4.78, 5) is 52.5. The molecule has 15 heteroatoms. The van der Waals surface area contributed by atoms with E-state index in [2.05, 4.69) is 67.9 Å². The van der Waals surface area contributed by atoms with E-state index in [1.54, 1.807) is 0 Å². The molecule has 1 saturated heterocycles. The van der Waals surface area contributed by atoms with Crippen LogP contribution in [0.5, 0.6) is 0 Å². The standard InChI is InChI=1S/C30H44N4O4S2.C7H13N3O2.C4H10/c1-6-21-18-23(21)28(35)33-40(37,38)17-12-10-8-7-9-11-16-25-26(19(2)3)31-29(39-25)22-14-13-15-24-27(22)32-30(36)34(24)20(4)5;8-4-6(11)10-3-1-2-5(10)7(9)12;1-4(2)3/h7,9,13-15,19-21,23,29,31H,6,8,10-12,16-18H2,1-5H3,(H,32,36)(H,33,35);5H,1-4,8H2,(H2,9,12);4H,1-3H3/b9-7-;;/t21?,23-,29?;5-;/m00./s1. The first-order valence-electron chi connectivity index (χ1n) is 20.3. The molecule has 3 amide bonds. The van der Waals surface area contributed by atoms with Crippen LogP contribution in [-0.2, 0) is 24.4 Å². The molecular formula is C41H67N7O6S2. The summed E-state index contributed by atoms with van der Waals surface area (Å²) < 4.78 is 28.5. The monoisotopic (exact) mass is 817 g/mol. The minimum Gasteiger partial charge on any atom is -0.372 e. The van der Waals surface area contributed by atoms with Gasteiger partial charge in [-0.15, -0.1) is 0 Å². The molecule has 1 aliphatic carbocycles. The maximum absolute atomic E-state index is 12.6. The van der Waals surface area contributed by atoms with Crippen LogP contribution < -0.4 is 27.2 Å². The molecule has 3 heterocycles. The van der Waals surface area contributed by atoms with Gasteiger partial charge in [-0.05, 0) is 89.0 Å². The number of carbonyl (C=O) groups is 3. The molecular weight excluding hydrogens is 751 g/mol. The van der Waals surface area contributed by atoms with Crippen LogP contribution in [0.4, 0.5) is 0 Å². The molecule has 7 N–H and O–H groups in total. The lowest BCUT2D eigenvalue weighted by atomic mass is 10.1. The number of allylic oxidation sites excluding steroid dienone is 4. The first kappa shape index (κ1) is 46.8. The van der Waals surface area contributed by atoms with Gasteiger partial charge >= 0.3 is 5.69 Å². The Morgan fingerprint density at radius 3 is 2.32 bits per heavy atom. The van der Waals surface area contributed by atoms with Crippen molar-refractivity contribution in [3.63, 3.8) is 0 Å². The summed E-state index contributed by atoms with van der Waals surface area (Å²) in [7, 11) is -3.55. The van der Waals surface area contributed by atoms with Crippen molar-refractivity contribution in [2.75, 3.05) is 18.8 Å². The number of para-hydroxylation sites is 1. The number of rotatable bonds is 16. The number of fused-ring (bicyclic) bond motifs is 1. The van der Waals surface area contributed by atoms with Gasteiger partial charge in [0, 0.05) is 34.7 Å². The fourth-order valence-electron chi connectivity index (χ4n) is 6.97. The number of unbranched alkanes of at least 4 members (excludes halogenated alkanes) is 2. The number of nitrogens with zero attached hydrogens (tertiary/aromatic N) is 2. The van der Waals surface area contributed by atoms with Gasteiger partial charge in [0.2, 0.25) is 27.7 Å². The number of primary amides is 1. The van der Waals surface area contributed by atoms with Crippen molar-refractivity contribution in [2.45, 2.75) is 131 Å². The smallest absolute Gasteiger partial charge is 0.326 e. The molecule has 0 radical (unpaired) electrons. The first-order valence-corrected chi connectivity index (χ1v) is 22.8. The number of imidazole rings is 1. The second kappa shape index (κ2) is 21.8. The molecule has 0 bridgehead atoms. The second-order valence-corrected chi connectivity index (χ2v) is 19.2. The average Bonchev–Trinajstić information content (AvgIpc) is 3.39. The van der Waals surface area contributed by atoms with Crippen LogP contribution in [0.15, 0.2) is 45.7 Å². The number of thioether (sulfide) groups is 1. The number of hydrogen-bond donors (Lipinski definition) is 5. The molecule has 1 aromatic heterocycles. The van der Waals surface area contributed by atoms with E-state index in [0.29, 0.717) is 31.2 Å². The molecule has 2 aliphatic heterocycles. The third kappa shape index (κ3) is 13.5. The van der Waals surface area contributed by atoms with Crippen molar-refractivity contribution in [1.82, 2.24) is 24.5 Å². The Bertz CT molecular complexity index is 1860. The van der Waals surface area contributed by atoms with Crippen molar-refractivity contribution in [2.24, 2.45) is 35.1 Å². The van der Waals surface area contributed by atoms with Crippen LogP contribution in [0.1, 0.15) is 130 Å². The van der Waals surface area contributed by atoms with Crippen molar-refractivity contribution >= 4 is 50.5 Å². The zero-order chi connectivity index (χ0) is 41.7. The molecule has 2 unspecified atom stereocenters. The number of nitrogens with two attached hydrogens (primary N) is 2. The fraction of sp³-hybridized carbons (Fsp3) is 0.659. The number of aromatic nitrogens is 2. The molecule has 4 atom stereocenters. The SMILES string of the molecule is CC(C)C.CCC1C[C@@H]1C(=O)NS(=O)(=O)CCCC/C=C\CCC1=C(C(C)C)NC(c2cccc3c2[nH]c(=O)n3C(C)C)S1.NCC(=O)N1CCC[C@H]1C(N)=O. The average molecular weight is 818 g/mol. The number of benzene rings is 1. The molecule has 13 nitrogen and oxygen atoms in total. The Balaban J connectivity index is 0.000000438. The van der Waals surface area contributed by atoms with Crippen LogP contribution in [0.25, 0.3) is 11.0 Å². The highest BCUT2D eigenvalue weighted by atomic mass is 32.2. The summed E-state index contributed by atoms with van der Waals surface area (Å²) >= 11 is 1.83. The molecule has 314 valence electrons. The van der Waals surface area contributed by atoms with Gasteiger partial charge in [0.25, 0.3) is 0 Å². The van der Waals surface area contributed by atoms with Crippen LogP contribution in [-0.4, -0.2) is 65.5 Å². The van der Waals surface area contributed by atoms with Crippen molar-refractivity contribution in [3.05, 3.63) is 57.0 Å². The summed E-state index contributed by atoms with van der Waals surface area (Å²) in [6, 6.07) is 5.77. The molecule has 2 fully saturated rings. The number of carbonyl (C=O) groups excluding carboxylic acids is 3. The predicted octanol–water partition coefficient (Wildman–Crippen LogP) is 6.20. The minimum absolute atomic E-state index is 0.0109. The highest BCUT2D eigenvalue weighted by Gasteiger charge is 2.42. The predicted molar refractivity (Wildman–Crippen MR) is 228 cm³/mol. The van der Waals surface area contributed by atoms with Crippen LogP contribution in [0, 0.1) is 23.7 Å². The van der Waals surface area contributed by atoms with Gasteiger partial charge in [0.1, 0.15) is 11.4 Å². The van der Waals surface area contributed by atoms with Gasteiger partial charge in [-0.2, -0.15) is 0 Å². The number of H-pyrrole nitrogens is 1. The Labute approximate surface area is 338 Å². The lowest BCUT2D eigenvalue weighted by molar-refractivity contribution is -0.136. The van der Waals surface area contributed by atoms with E-state index in [0.717, 1.165) is 67.5 Å². The first-order chi connectivity index (χ1) is 26.4. The second-order valence-electron chi connectivity index (χ2n) is 16.2. The molecule has 0 spiro atoms. The van der Waals surface area contributed by atoms with E-state index in [1.807, 2.05) is 49.2 Å². The number of amides is 3. The summed E-state index contributed by atoms with van der Waals surface area (Å²) in [6.07, 6.45) is 11.5. The van der Waals surface area contributed by atoms with E-state index in [1.165, 1.54) is 15.5 Å². The molecule has 1 saturated carbocycles. The summed E-state index contributed by atoms with van der Waals surface area (Å²) in [6.45, 7) is 17.5. The zero-order valence-electron chi connectivity index (χ0n) is 34.7. The van der Waals surface area contributed by atoms with E-state index in [9.17, 15) is 27.6 Å². The van der Waals surface area contributed by atoms with E-state index in [4.69, 9.17) is 11.5 Å². The van der Waals surface area contributed by atoms with Crippen LogP contribution >= 0.6 is 11.8 Å². The lowest BCUT2D eigenvalue weighted by Crippen LogP contribution is -2.45. The van der Waals surface area contributed by atoms with E-state index < -0.39 is 22.0 Å². The molecule has 2 aromatic rings. The Morgan fingerprint density at radius 2 is 1.73 bits per heavy atom. The molecule has 5 rings (SSSR count). The topological polar surface area (TPSA) is 202 Å². The maximum atomic E-state index is 12.6. The minimum atomic E-state index is -3.55. The third-order valence-corrected chi connectivity index (χ3v) is 12.5. The fourth-order valence-corrected chi connectivity index (χ4v) is 9.56. The zero-order valence-corrected chi connectivity index (χ0v) is 36.4. The molecule has 3 aliphatic rings. The Hall–Kier alpha value is -3.56. The summed E-state index contributed by atoms with van der Waals surface area (Å²) in [5, 5.41) is 3.77. The van der Waals surface area contributed by atoms with Crippen LogP contribution in [0.3, 0.4) is 0 Å². The van der Waals surface area contributed by atoms with Gasteiger partial charge in [-0.3, -0.25) is 23.7 Å². The number of sulfonamides is 1. The van der Waals surface area contributed by atoms with Gasteiger partial charge in [-0.25, -0.2) is 13.2 Å². The number of aromatic amines is 1. The van der Waals surface area contributed by atoms with Crippen LogP contribution in [0.2, 0.25) is 0 Å². The highest BCUT2D eigenvalue weighted by Crippen LogP contribution is 2.46. The molecule has 56 heavy (non-hydrogen) atoms. The van der Waals surface area contributed by atoms with Gasteiger partial charge in [0.15, 0.2) is 0 Å². The van der Waals surface area contributed by atoms with E-state index in [-0.39, 0.29) is 47.1 Å². The van der Waals surface area contributed by atoms with Crippen molar-refractivity contribution in [3.8, 4) is 0 Å². The number of nitrogens with one attached hydrogen (secondary N) is 3. The maximum Gasteiger partial charge on any atom is 0.326 e. The number of hydrogen-bond acceptors (Lipinski definition) is 9. The molecule has 1 aromatic carbocycles. The number of likely N-dealkylation sites (tertiary alicyclic amines) is 1. The largest absolute Gasteiger partial charge is 0.372 e. The summed E-state index contributed by atoms with van der Waals surface area (Å²) in [5.74, 6) is 0.442. The van der Waals surface area contributed by atoms with Crippen molar-refractivity contribution < 1.29 is 22.8 Å². The quantitative estimate of drug-likeness (QED) is 0.0967. The normalized spacial score (nSPS) is 20.7. The van der Waals surface area contributed by atoms with Gasteiger partial charge < -0.3 is 26.7 Å². The van der Waals surface area contributed by atoms with Gasteiger partial charge in [0.05, 0.1) is 23.3 Å². The van der Waals surface area contributed by atoms with Gasteiger partial charge in [-0.1, -0.05) is 84.0 Å². The third-order valence-electron chi connectivity index (χ3n) is 9.86. The van der Waals surface area contributed by atoms with E-state index >= 15 is 0 Å². The summed E-state index contributed by atoms with van der Waals surface area (Å²) in [5.41, 5.74) is 14.4. The lowest BCUT2D eigenvalue weighted by Gasteiger charge is -2.20. The Kier molecular flexibility index (Phi) is 18.2. The Morgan fingerprint density at radius 1 is 1.05 bits per heavy atom. The van der Waals surface area contributed by atoms with Crippen molar-refractivity contribution in [1.29, 1.82) is 0 Å².